The Morgan fingerprint density at radius 1 is 1.20 bits per heavy atom. The predicted octanol–water partition coefficient (Wildman–Crippen LogP) is 2.66. The Morgan fingerprint density at radius 3 is 2.80 bits per heavy atom. The number of piperidine rings is 1. The SMILES string of the molecule is CCOC(=O)C1CCCN(C(=O)c2cn(C)nc2-c2ccc3c(c2)OCCCO3)C1. The van der Waals surface area contributed by atoms with Crippen molar-refractivity contribution in [1.29, 1.82) is 0 Å². The number of ether oxygens (including phenoxy) is 3. The summed E-state index contributed by atoms with van der Waals surface area (Å²) < 4.78 is 18.3. The normalized spacial score (nSPS) is 18.6. The van der Waals surface area contributed by atoms with Crippen LogP contribution in [0.3, 0.4) is 0 Å². The Kier molecular flexibility index (Phi) is 5.92. The second-order valence-corrected chi connectivity index (χ2v) is 7.62. The van der Waals surface area contributed by atoms with Crippen molar-refractivity contribution in [2.45, 2.75) is 26.2 Å². The molecule has 2 aliphatic heterocycles. The average Bonchev–Trinajstić information content (AvgIpc) is 3.00. The molecule has 160 valence electrons. The number of amides is 1. The highest BCUT2D eigenvalue weighted by Gasteiger charge is 2.31. The van der Waals surface area contributed by atoms with E-state index in [0.717, 1.165) is 24.8 Å². The lowest BCUT2D eigenvalue weighted by Gasteiger charge is -2.31. The molecule has 1 saturated heterocycles. The zero-order chi connectivity index (χ0) is 21.1. The first-order valence-electron chi connectivity index (χ1n) is 10.5. The van der Waals surface area contributed by atoms with Crippen LogP contribution < -0.4 is 9.47 Å². The number of hydrogen-bond donors (Lipinski definition) is 0. The summed E-state index contributed by atoms with van der Waals surface area (Å²) >= 11 is 0. The van der Waals surface area contributed by atoms with Crippen molar-refractivity contribution < 1.29 is 23.8 Å². The second-order valence-electron chi connectivity index (χ2n) is 7.62. The molecule has 8 heteroatoms. The van der Waals surface area contributed by atoms with Crippen LogP contribution in [0.4, 0.5) is 0 Å². The lowest BCUT2D eigenvalue weighted by molar-refractivity contribution is -0.149. The molecule has 1 amide bonds. The number of carbonyl (C=O) groups is 2. The van der Waals surface area contributed by atoms with E-state index in [1.54, 1.807) is 29.7 Å². The number of rotatable bonds is 4. The molecule has 0 N–H and O–H groups in total. The van der Waals surface area contributed by atoms with E-state index in [4.69, 9.17) is 14.2 Å². The van der Waals surface area contributed by atoms with Gasteiger partial charge < -0.3 is 19.1 Å². The monoisotopic (exact) mass is 413 g/mol. The van der Waals surface area contributed by atoms with Crippen LogP contribution in [0, 0.1) is 5.92 Å². The van der Waals surface area contributed by atoms with Crippen LogP contribution in [-0.4, -0.2) is 59.5 Å². The third-order valence-electron chi connectivity index (χ3n) is 5.41. The van der Waals surface area contributed by atoms with E-state index < -0.39 is 0 Å². The van der Waals surface area contributed by atoms with E-state index in [1.807, 2.05) is 18.2 Å². The summed E-state index contributed by atoms with van der Waals surface area (Å²) in [4.78, 5) is 27.2. The Balaban J connectivity index is 1.59. The molecule has 1 aromatic carbocycles. The van der Waals surface area contributed by atoms with Crippen LogP contribution in [0.25, 0.3) is 11.3 Å². The molecule has 2 aromatic rings. The number of fused-ring (bicyclic) bond motifs is 1. The molecule has 30 heavy (non-hydrogen) atoms. The molecule has 0 bridgehead atoms. The number of aryl methyl sites for hydroxylation is 1. The molecule has 1 atom stereocenters. The van der Waals surface area contributed by atoms with E-state index >= 15 is 0 Å². The summed E-state index contributed by atoms with van der Waals surface area (Å²) in [6, 6.07) is 5.62. The van der Waals surface area contributed by atoms with Crippen LogP contribution in [-0.2, 0) is 16.6 Å². The smallest absolute Gasteiger partial charge is 0.310 e. The van der Waals surface area contributed by atoms with Gasteiger partial charge in [0.2, 0.25) is 0 Å². The highest BCUT2D eigenvalue weighted by molar-refractivity contribution is 6.00. The van der Waals surface area contributed by atoms with Crippen molar-refractivity contribution in [2.24, 2.45) is 13.0 Å². The Morgan fingerprint density at radius 2 is 2.00 bits per heavy atom. The van der Waals surface area contributed by atoms with Crippen LogP contribution >= 0.6 is 0 Å². The zero-order valence-corrected chi connectivity index (χ0v) is 17.4. The molecule has 1 fully saturated rings. The summed E-state index contributed by atoms with van der Waals surface area (Å²) in [6.45, 7) is 4.34. The molecule has 2 aliphatic rings. The van der Waals surface area contributed by atoms with E-state index in [-0.39, 0.29) is 17.8 Å². The summed E-state index contributed by atoms with van der Waals surface area (Å²) in [6.07, 6.45) is 4.07. The van der Waals surface area contributed by atoms with Crippen molar-refractivity contribution in [2.75, 3.05) is 32.9 Å². The summed E-state index contributed by atoms with van der Waals surface area (Å²) in [7, 11) is 1.79. The maximum Gasteiger partial charge on any atom is 0.310 e. The molecule has 1 unspecified atom stereocenters. The summed E-state index contributed by atoms with van der Waals surface area (Å²) in [5.41, 5.74) is 1.90. The molecular formula is C22H27N3O5. The minimum atomic E-state index is -0.277. The Labute approximate surface area is 175 Å². The van der Waals surface area contributed by atoms with Crippen LogP contribution in [0.15, 0.2) is 24.4 Å². The largest absolute Gasteiger partial charge is 0.490 e. The van der Waals surface area contributed by atoms with Gasteiger partial charge in [-0.15, -0.1) is 0 Å². The highest BCUT2D eigenvalue weighted by Crippen LogP contribution is 2.35. The summed E-state index contributed by atoms with van der Waals surface area (Å²) in [5.74, 6) is 0.729. The fourth-order valence-corrected chi connectivity index (χ4v) is 3.95. The molecule has 0 radical (unpaired) electrons. The van der Waals surface area contributed by atoms with Gasteiger partial charge in [-0.25, -0.2) is 0 Å². The predicted molar refractivity (Wildman–Crippen MR) is 110 cm³/mol. The molecule has 0 saturated carbocycles. The number of hydrogen-bond acceptors (Lipinski definition) is 6. The van der Waals surface area contributed by atoms with Gasteiger partial charge in [0, 0.05) is 38.3 Å². The van der Waals surface area contributed by atoms with Gasteiger partial charge in [-0.05, 0) is 38.0 Å². The number of esters is 1. The van der Waals surface area contributed by atoms with Gasteiger partial charge in [0.05, 0.1) is 31.3 Å². The Hall–Kier alpha value is -3.03. The van der Waals surface area contributed by atoms with Gasteiger partial charge in [-0.3, -0.25) is 14.3 Å². The van der Waals surface area contributed by atoms with Crippen molar-refractivity contribution in [1.82, 2.24) is 14.7 Å². The number of aromatic nitrogens is 2. The molecule has 3 heterocycles. The average molecular weight is 413 g/mol. The van der Waals surface area contributed by atoms with Gasteiger partial charge in [-0.1, -0.05) is 0 Å². The van der Waals surface area contributed by atoms with Crippen LogP contribution in [0.5, 0.6) is 11.5 Å². The molecule has 1 aromatic heterocycles. The maximum atomic E-state index is 13.3. The Bertz CT molecular complexity index is 939. The maximum absolute atomic E-state index is 13.3. The van der Waals surface area contributed by atoms with Crippen molar-refractivity contribution >= 4 is 11.9 Å². The molecule has 8 nitrogen and oxygen atoms in total. The number of benzene rings is 1. The quantitative estimate of drug-likeness (QED) is 0.717. The second kappa shape index (κ2) is 8.77. The first-order valence-corrected chi connectivity index (χ1v) is 10.5. The molecular weight excluding hydrogens is 386 g/mol. The van der Waals surface area contributed by atoms with Gasteiger partial charge in [-0.2, -0.15) is 5.10 Å². The molecule has 0 aliphatic carbocycles. The fraction of sp³-hybridized carbons (Fsp3) is 0.500. The fourth-order valence-electron chi connectivity index (χ4n) is 3.95. The van der Waals surface area contributed by atoms with Crippen molar-refractivity contribution in [3.05, 3.63) is 30.0 Å². The standard InChI is InChI=1S/C22H27N3O5/c1-3-28-22(27)16-6-4-9-25(13-16)21(26)17-14-24(2)23-20(17)15-7-8-18-19(12-15)30-11-5-10-29-18/h7-8,12,14,16H,3-6,9-11,13H2,1-2H3. The van der Waals surface area contributed by atoms with Gasteiger partial charge in [0.15, 0.2) is 11.5 Å². The lowest BCUT2D eigenvalue weighted by atomic mass is 9.97. The molecule has 4 rings (SSSR count). The van der Waals surface area contributed by atoms with E-state index in [1.165, 1.54) is 0 Å². The third kappa shape index (κ3) is 4.13. The van der Waals surface area contributed by atoms with Crippen molar-refractivity contribution in [3.8, 4) is 22.8 Å². The van der Waals surface area contributed by atoms with Crippen LogP contribution in [0.2, 0.25) is 0 Å². The minimum absolute atomic E-state index is 0.126. The topological polar surface area (TPSA) is 82.9 Å². The number of carbonyl (C=O) groups excluding carboxylic acids is 2. The minimum Gasteiger partial charge on any atom is -0.490 e. The number of likely N-dealkylation sites (tertiary alicyclic amines) is 1. The highest BCUT2D eigenvalue weighted by atomic mass is 16.5. The third-order valence-corrected chi connectivity index (χ3v) is 5.41. The van der Waals surface area contributed by atoms with Crippen molar-refractivity contribution in [3.63, 3.8) is 0 Å². The lowest BCUT2D eigenvalue weighted by Crippen LogP contribution is -2.42. The first-order chi connectivity index (χ1) is 14.6. The molecule has 0 spiro atoms. The van der Waals surface area contributed by atoms with Gasteiger partial charge in [0.1, 0.15) is 5.69 Å². The van der Waals surface area contributed by atoms with Crippen LogP contribution in [0.1, 0.15) is 36.5 Å². The summed E-state index contributed by atoms with van der Waals surface area (Å²) in [5, 5.41) is 4.53. The zero-order valence-electron chi connectivity index (χ0n) is 17.4. The van der Waals surface area contributed by atoms with Gasteiger partial charge >= 0.3 is 5.97 Å². The van der Waals surface area contributed by atoms with Gasteiger partial charge in [0.25, 0.3) is 5.91 Å². The van der Waals surface area contributed by atoms with E-state index in [9.17, 15) is 9.59 Å². The van der Waals surface area contributed by atoms with E-state index in [0.29, 0.717) is 55.7 Å². The van der Waals surface area contributed by atoms with E-state index in [2.05, 4.69) is 5.10 Å². The first kappa shape index (κ1) is 20.3. The number of nitrogens with zero attached hydrogens (tertiary/aromatic N) is 3.